The highest BCUT2D eigenvalue weighted by atomic mass is 15.0. The first-order valence-electron chi connectivity index (χ1n) is 4.10. The molecule has 0 saturated carbocycles. The van der Waals surface area contributed by atoms with E-state index < -0.39 is 0 Å². The number of aromatic amines is 1. The maximum absolute atomic E-state index is 8.71. The van der Waals surface area contributed by atoms with Crippen LogP contribution in [0.3, 0.4) is 0 Å². The van der Waals surface area contributed by atoms with E-state index in [-0.39, 0.29) is 0 Å². The highest BCUT2D eigenvalue weighted by Gasteiger charge is 2.01. The summed E-state index contributed by atoms with van der Waals surface area (Å²) >= 11 is 0. The van der Waals surface area contributed by atoms with Crippen molar-refractivity contribution in [2.45, 2.75) is 0 Å². The van der Waals surface area contributed by atoms with E-state index in [0.29, 0.717) is 11.5 Å². The molecule has 0 bridgehead atoms. The summed E-state index contributed by atoms with van der Waals surface area (Å²) < 4.78 is 0. The van der Waals surface area contributed by atoms with Gasteiger partial charge in [0.25, 0.3) is 0 Å². The number of hydrogen-bond donors (Lipinski definition) is 2. The number of nitrogens with one attached hydrogen (secondary N) is 1. The second kappa shape index (κ2) is 3.23. The van der Waals surface area contributed by atoms with Gasteiger partial charge in [-0.25, -0.2) is 4.98 Å². The molecule has 0 aliphatic rings. The first-order chi connectivity index (χ1) is 6.79. The zero-order chi connectivity index (χ0) is 9.97. The van der Waals surface area contributed by atoms with Crippen LogP contribution in [0.5, 0.6) is 0 Å². The molecule has 0 radical (unpaired) electrons. The second-order valence-electron chi connectivity index (χ2n) is 2.87. The summed E-state index contributed by atoms with van der Waals surface area (Å²) in [6, 6.07) is 9.34. The van der Waals surface area contributed by atoms with Gasteiger partial charge in [-0.15, -0.1) is 0 Å². The Bertz CT molecular complexity index is 493. The lowest BCUT2D eigenvalue weighted by Crippen LogP contribution is -1.85. The van der Waals surface area contributed by atoms with Crippen molar-refractivity contribution in [3.05, 3.63) is 36.0 Å². The largest absolute Gasteiger partial charge is 0.369 e. The minimum atomic E-state index is 0.377. The van der Waals surface area contributed by atoms with Crippen LogP contribution in [-0.4, -0.2) is 9.97 Å². The number of nitrogens with zero attached hydrogens (tertiary/aromatic N) is 2. The Morgan fingerprint density at radius 1 is 1.43 bits per heavy atom. The number of anilines is 1. The van der Waals surface area contributed by atoms with Crippen molar-refractivity contribution in [3.63, 3.8) is 0 Å². The van der Waals surface area contributed by atoms with Gasteiger partial charge in [-0.3, -0.25) is 0 Å². The molecule has 0 fully saturated rings. The molecule has 68 valence electrons. The predicted molar refractivity (Wildman–Crippen MR) is 53.2 cm³/mol. The summed E-state index contributed by atoms with van der Waals surface area (Å²) in [5, 5.41) is 8.71. The minimum Gasteiger partial charge on any atom is -0.369 e. The number of nitrogen functional groups attached to an aromatic ring is 1. The number of aromatic nitrogens is 2. The summed E-state index contributed by atoms with van der Waals surface area (Å²) in [6.45, 7) is 0. The van der Waals surface area contributed by atoms with Crippen LogP contribution in [0.4, 0.5) is 5.95 Å². The number of imidazole rings is 1. The molecule has 2 aromatic rings. The molecule has 0 amide bonds. The van der Waals surface area contributed by atoms with E-state index in [0.717, 1.165) is 11.3 Å². The number of H-pyrrole nitrogens is 1. The van der Waals surface area contributed by atoms with Gasteiger partial charge in [0.05, 0.1) is 23.5 Å². The van der Waals surface area contributed by atoms with Gasteiger partial charge < -0.3 is 10.7 Å². The standard InChI is InChI=1S/C10H8N4/c11-5-7-2-1-3-8(4-7)9-6-13-10(12)14-9/h1-4,6H,(H3,12,13,14). The normalized spacial score (nSPS) is 9.64. The summed E-state index contributed by atoms with van der Waals surface area (Å²) in [6.07, 6.45) is 1.64. The topological polar surface area (TPSA) is 78.5 Å². The molecule has 0 spiro atoms. The monoisotopic (exact) mass is 184 g/mol. The molecule has 14 heavy (non-hydrogen) atoms. The lowest BCUT2D eigenvalue weighted by atomic mass is 10.1. The lowest BCUT2D eigenvalue weighted by Gasteiger charge is -1.96. The van der Waals surface area contributed by atoms with Crippen LogP contribution in [0.25, 0.3) is 11.3 Å². The highest BCUT2D eigenvalue weighted by Crippen LogP contribution is 2.18. The Hall–Kier alpha value is -2.28. The van der Waals surface area contributed by atoms with Crippen molar-refractivity contribution in [1.82, 2.24) is 9.97 Å². The van der Waals surface area contributed by atoms with Gasteiger partial charge >= 0.3 is 0 Å². The van der Waals surface area contributed by atoms with E-state index in [1.165, 1.54) is 0 Å². The van der Waals surface area contributed by atoms with Crippen LogP contribution >= 0.6 is 0 Å². The third-order valence-electron chi connectivity index (χ3n) is 1.90. The number of rotatable bonds is 1. The van der Waals surface area contributed by atoms with Crippen molar-refractivity contribution >= 4 is 5.95 Å². The molecule has 0 atom stereocenters. The second-order valence-corrected chi connectivity index (χ2v) is 2.87. The quantitative estimate of drug-likeness (QED) is 0.705. The molecular formula is C10H8N4. The Morgan fingerprint density at radius 3 is 2.93 bits per heavy atom. The Labute approximate surface area is 81.0 Å². The number of hydrogen-bond acceptors (Lipinski definition) is 3. The smallest absolute Gasteiger partial charge is 0.197 e. The van der Waals surface area contributed by atoms with Gasteiger partial charge in [0, 0.05) is 5.56 Å². The SMILES string of the molecule is N#Cc1cccc(-c2cnc(N)[nH]2)c1. The third kappa shape index (κ3) is 1.43. The summed E-state index contributed by atoms with van der Waals surface area (Å²) in [7, 11) is 0. The molecule has 1 aromatic carbocycles. The number of benzene rings is 1. The molecular weight excluding hydrogens is 176 g/mol. The fourth-order valence-electron chi connectivity index (χ4n) is 1.24. The molecule has 0 saturated heterocycles. The zero-order valence-corrected chi connectivity index (χ0v) is 7.36. The molecule has 0 unspecified atom stereocenters. The zero-order valence-electron chi connectivity index (χ0n) is 7.36. The van der Waals surface area contributed by atoms with Crippen molar-refractivity contribution in [2.75, 3.05) is 5.73 Å². The molecule has 3 N–H and O–H groups in total. The first kappa shape index (κ1) is 8.32. The van der Waals surface area contributed by atoms with E-state index in [1.54, 1.807) is 18.3 Å². The van der Waals surface area contributed by atoms with Gasteiger partial charge in [-0.05, 0) is 12.1 Å². The summed E-state index contributed by atoms with van der Waals surface area (Å²) in [4.78, 5) is 6.79. The molecule has 2 rings (SSSR count). The van der Waals surface area contributed by atoms with Crippen LogP contribution in [0.1, 0.15) is 5.56 Å². The van der Waals surface area contributed by atoms with Crippen molar-refractivity contribution in [3.8, 4) is 17.3 Å². The third-order valence-corrected chi connectivity index (χ3v) is 1.90. The molecule has 1 heterocycles. The van der Waals surface area contributed by atoms with Crippen LogP contribution in [0.2, 0.25) is 0 Å². The Morgan fingerprint density at radius 2 is 2.29 bits per heavy atom. The minimum absolute atomic E-state index is 0.377. The van der Waals surface area contributed by atoms with E-state index in [4.69, 9.17) is 11.0 Å². The van der Waals surface area contributed by atoms with E-state index in [2.05, 4.69) is 16.0 Å². The maximum Gasteiger partial charge on any atom is 0.197 e. The fraction of sp³-hybridized carbons (Fsp3) is 0. The number of nitrogens with two attached hydrogens (primary N) is 1. The van der Waals surface area contributed by atoms with Gasteiger partial charge in [-0.1, -0.05) is 12.1 Å². The molecule has 1 aromatic heterocycles. The fourth-order valence-corrected chi connectivity index (χ4v) is 1.24. The van der Waals surface area contributed by atoms with Gasteiger partial charge in [0.1, 0.15) is 0 Å². The van der Waals surface area contributed by atoms with Crippen molar-refractivity contribution < 1.29 is 0 Å². The van der Waals surface area contributed by atoms with Crippen molar-refractivity contribution in [1.29, 1.82) is 5.26 Å². The van der Waals surface area contributed by atoms with Gasteiger partial charge in [0.2, 0.25) is 0 Å². The van der Waals surface area contributed by atoms with E-state index in [9.17, 15) is 0 Å². The Kier molecular flexibility index (Phi) is 1.92. The Balaban J connectivity index is 2.47. The van der Waals surface area contributed by atoms with Gasteiger partial charge in [0.15, 0.2) is 5.95 Å². The van der Waals surface area contributed by atoms with Gasteiger partial charge in [-0.2, -0.15) is 5.26 Å². The first-order valence-corrected chi connectivity index (χ1v) is 4.10. The average molecular weight is 184 g/mol. The molecule has 4 heteroatoms. The van der Waals surface area contributed by atoms with E-state index >= 15 is 0 Å². The predicted octanol–water partition coefficient (Wildman–Crippen LogP) is 1.53. The molecule has 4 nitrogen and oxygen atoms in total. The van der Waals surface area contributed by atoms with Crippen LogP contribution < -0.4 is 5.73 Å². The maximum atomic E-state index is 8.71. The van der Waals surface area contributed by atoms with Crippen LogP contribution in [0, 0.1) is 11.3 Å². The molecule has 0 aliphatic carbocycles. The average Bonchev–Trinajstić information content (AvgIpc) is 2.65. The van der Waals surface area contributed by atoms with Crippen LogP contribution in [0.15, 0.2) is 30.5 Å². The number of nitriles is 1. The van der Waals surface area contributed by atoms with Crippen molar-refractivity contribution in [2.24, 2.45) is 0 Å². The van der Waals surface area contributed by atoms with Crippen LogP contribution in [-0.2, 0) is 0 Å². The summed E-state index contributed by atoms with van der Waals surface area (Å²) in [5.74, 6) is 0.377. The summed E-state index contributed by atoms with van der Waals surface area (Å²) in [5.41, 5.74) is 7.81. The lowest BCUT2D eigenvalue weighted by molar-refractivity contribution is 1.32. The highest BCUT2D eigenvalue weighted by molar-refractivity contribution is 5.61. The molecule has 0 aliphatic heterocycles. The van der Waals surface area contributed by atoms with E-state index in [1.807, 2.05) is 12.1 Å².